The zero-order valence-corrected chi connectivity index (χ0v) is 11.2. The van der Waals surface area contributed by atoms with Crippen molar-refractivity contribution in [3.8, 4) is 11.4 Å². The average Bonchev–Trinajstić information content (AvgIpc) is 2.75. The van der Waals surface area contributed by atoms with Crippen molar-refractivity contribution in [2.75, 3.05) is 0 Å². The minimum atomic E-state index is -0.369. The van der Waals surface area contributed by atoms with Gasteiger partial charge in [0.2, 0.25) is 0 Å². The molecule has 2 heterocycles. The van der Waals surface area contributed by atoms with Crippen LogP contribution < -0.4 is 0 Å². The molecule has 0 aliphatic carbocycles. The van der Waals surface area contributed by atoms with Crippen LogP contribution in [-0.4, -0.2) is 19.8 Å². The van der Waals surface area contributed by atoms with Gasteiger partial charge in [0, 0.05) is 5.56 Å². The van der Waals surface area contributed by atoms with Crippen LogP contribution in [0.2, 0.25) is 5.15 Å². The summed E-state index contributed by atoms with van der Waals surface area (Å²) in [5.74, 6) is 0.0742. The molecule has 0 saturated heterocycles. The van der Waals surface area contributed by atoms with Gasteiger partial charge >= 0.3 is 0 Å². The first kappa shape index (κ1) is 11.6. The highest BCUT2D eigenvalue weighted by atomic mass is 79.9. The van der Waals surface area contributed by atoms with Crippen LogP contribution in [0.3, 0.4) is 0 Å². The molecule has 0 aliphatic rings. The van der Waals surface area contributed by atoms with Crippen LogP contribution in [0.5, 0.6) is 0 Å². The normalized spacial score (nSPS) is 11.1. The smallest absolute Gasteiger partial charge is 0.185 e. The lowest BCUT2D eigenvalue weighted by Crippen LogP contribution is -1.95. The monoisotopic (exact) mass is 326 g/mol. The van der Waals surface area contributed by atoms with Gasteiger partial charge in [0.15, 0.2) is 11.5 Å². The fourth-order valence-corrected chi connectivity index (χ4v) is 1.97. The molecule has 7 heteroatoms. The number of hydrogen-bond donors (Lipinski definition) is 0. The van der Waals surface area contributed by atoms with Gasteiger partial charge in [0.05, 0.1) is 4.47 Å². The third-order valence-corrected chi connectivity index (χ3v) is 3.25. The van der Waals surface area contributed by atoms with Gasteiger partial charge in [-0.3, -0.25) is 0 Å². The van der Waals surface area contributed by atoms with Gasteiger partial charge in [0.25, 0.3) is 0 Å². The molecule has 2 aromatic heterocycles. The second-order valence-corrected chi connectivity index (χ2v) is 4.82. The third-order valence-electron chi connectivity index (χ3n) is 2.41. The first-order valence-electron chi connectivity index (χ1n) is 4.98. The highest BCUT2D eigenvalue weighted by Gasteiger charge is 2.11. The molecule has 0 radical (unpaired) electrons. The fourth-order valence-electron chi connectivity index (χ4n) is 1.58. The highest BCUT2D eigenvalue weighted by molar-refractivity contribution is 9.10. The van der Waals surface area contributed by atoms with Crippen LogP contribution in [0.25, 0.3) is 17.0 Å². The molecule has 0 atom stereocenters. The van der Waals surface area contributed by atoms with E-state index in [1.807, 2.05) is 0 Å². The van der Waals surface area contributed by atoms with Gasteiger partial charge < -0.3 is 0 Å². The van der Waals surface area contributed by atoms with Crippen LogP contribution in [0, 0.1) is 5.82 Å². The first-order valence-corrected chi connectivity index (χ1v) is 6.15. The van der Waals surface area contributed by atoms with E-state index in [0.29, 0.717) is 26.7 Å². The van der Waals surface area contributed by atoms with Gasteiger partial charge in [0.1, 0.15) is 11.0 Å². The second kappa shape index (κ2) is 4.29. The topological polar surface area (TPSA) is 43.1 Å². The fraction of sp³-hybridized carbons (Fsp3) is 0. The Bertz CT molecular complexity index is 743. The molecule has 1 aromatic carbocycles. The first-order chi connectivity index (χ1) is 8.65. The van der Waals surface area contributed by atoms with E-state index >= 15 is 0 Å². The van der Waals surface area contributed by atoms with Crippen LogP contribution in [0.4, 0.5) is 4.39 Å². The van der Waals surface area contributed by atoms with Gasteiger partial charge in [-0.2, -0.15) is 9.61 Å². The van der Waals surface area contributed by atoms with Crippen molar-refractivity contribution in [3.63, 3.8) is 0 Å². The maximum atomic E-state index is 13.5. The van der Waals surface area contributed by atoms with Crippen LogP contribution in [0.15, 0.2) is 34.8 Å². The van der Waals surface area contributed by atoms with Crippen LogP contribution in [-0.2, 0) is 0 Å². The lowest BCUT2D eigenvalue weighted by Gasteiger charge is -2.00. The molecule has 4 nitrogen and oxygen atoms in total. The van der Waals surface area contributed by atoms with E-state index in [1.165, 1.54) is 10.6 Å². The molecule has 3 aromatic rings. The van der Waals surface area contributed by atoms with E-state index in [-0.39, 0.29) is 5.82 Å². The maximum absolute atomic E-state index is 13.5. The van der Waals surface area contributed by atoms with Gasteiger partial charge in [-0.05, 0) is 46.3 Å². The van der Waals surface area contributed by atoms with Crippen molar-refractivity contribution >= 4 is 33.2 Å². The SMILES string of the molecule is Fc1cc(-c2nnc3ccc(Cl)nn23)ccc1Br. The molecule has 90 valence electrons. The summed E-state index contributed by atoms with van der Waals surface area (Å²) >= 11 is 8.92. The van der Waals surface area contributed by atoms with E-state index in [0.717, 1.165) is 0 Å². The Morgan fingerprint density at radius 2 is 2.00 bits per heavy atom. The minimum Gasteiger partial charge on any atom is -0.206 e. The predicted molar refractivity (Wildman–Crippen MR) is 68.9 cm³/mol. The summed E-state index contributed by atoms with van der Waals surface area (Å²) in [6, 6.07) is 8.02. The van der Waals surface area contributed by atoms with E-state index < -0.39 is 0 Å². The zero-order chi connectivity index (χ0) is 12.7. The molecule has 0 fully saturated rings. The lowest BCUT2D eigenvalue weighted by molar-refractivity contribution is 0.621. The van der Waals surface area contributed by atoms with E-state index in [9.17, 15) is 4.39 Å². The van der Waals surface area contributed by atoms with Crippen LogP contribution in [0.1, 0.15) is 0 Å². The molecule has 0 unspecified atom stereocenters. The summed E-state index contributed by atoms with van der Waals surface area (Å²) in [7, 11) is 0. The number of halogens is 3. The van der Waals surface area contributed by atoms with Gasteiger partial charge in [-0.1, -0.05) is 11.6 Å². The molecule has 0 amide bonds. The van der Waals surface area contributed by atoms with Gasteiger partial charge in [-0.15, -0.1) is 10.2 Å². The molecule has 18 heavy (non-hydrogen) atoms. The average molecular weight is 328 g/mol. The maximum Gasteiger partial charge on any atom is 0.185 e. The Kier molecular flexibility index (Phi) is 2.76. The number of aromatic nitrogens is 4. The Hall–Kier alpha value is -1.53. The Morgan fingerprint density at radius 1 is 1.17 bits per heavy atom. The van der Waals surface area contributed by atoms with Gasteiger partial charge in [-0.25, -0.2) is 4.39 Å². The molecule has 0 saturated carbocycles. The summed E-state index contributed by atoms with van der Waals surface area (Å²) in [5.41, 5.74) is 1.13. The predicted octanol–water partition coefficient (Wildman–Crippen LogP) is 3.35. The minimum absolute atomic E-state index is 0.320. The molecular weight excluding hydrogens is 323 g/mol. The van der Waals surface area contributed by atoms with E-state index in [2.05, 4.69) is 31.2 Å². The van der Waals surface area contributed by atoms with Crippen molar-refractivity contribution in [2.24, 2.45) is 0 Å². The highest BCUT2D eigenvalue weighted by Crippen LogP contribution is 2.23. The summed E-state index contributed by atoms with van der Waals surface area (Å²) < 4.78 is 15.4. The standard InChI is InChI=1S/C11H5BrClFN4/c12-7-2-1-6(5-8(7)14)11-16-15-10-4-3-9(13)17-18(10)11/h1-5H. The lowest BCUT2D eigenvalue weighted by atomic mass is 10.2. The van der Waals surface area contributed by atoms with Crippen LogP contribution >= 0.6 is 27.5 Å². The molecular formula is C11H5BrClFN4. The Labute approximate surface area is 115 Å². The Morgan fingerprint density at radius 3 is 2.78 bits per heavy atom. The third kappa shape index (κ3) is 1.87. The summed E-state index contributed by atoms with van der Waals surface area (Å²) in [5, 5.41) is 12.3. The largest absolute Gasteiger partial charge is 0.206 e. The number of benzene rings is 1. The zero-order valence-electron chi connectivity index (χ0n) is 8.81. The molecule has 0 N–H and O–H groups in total. The molecule has 0 aliphatic heterocycles. The quantitative estimate of drug-likeness (QED) is 0.688. The van der Waals surface area contributed by atoms with Crippen molar-refractivity contribution < 1.29 is 4.39 Å². The van der Waals surface area contributed by atoms with E-state index in [1.54, 1.807) is 24.3 Å². The number of rotatable bonds is 1. The summed E-state index contributed by atoms with van der Waals surface area (Å²) in [6.45, 7) is 0. The summed E-state index contributed by atoms with van der Waals surface area (Å²) in [6.07, 6.45) is 0. The van der Waals surface area contributed by atoms with Crippen molar-refractivity contribution in [2.45, 2.75) is 0 Å². The summed E-state index contributed by atoms with van der Waals surface area (Å²) in [4.78, 5) is 0. The Balaban J connectivity index is 2.24. The molecule has 0 spiro atoms. The van der Waals surface area contributed by atoms with E-state index in [4.69, 9.17) is 11.6 Å². The number of nitrogens with zero attached hydrogens (tertiary/aromatic N) is 4. The molecule has 0 bridgehead atoms. The van der Waals surface area contributed by atoms with Crippen molar-refractivity contribution in [1.29, 1.82) is 0 Å². The van der Waals surface area contributed by atoms with Crippen molar-refractivity contribution in [1.82, 2.24) is 19.8 Å². The second-order valence-electron chi connectivity index (χ2n) is 3.58. The van der Waals surface area contributed by atoms with Crippen molar-refractivity contribution in [3.05, 3.63) is 45.8 Å². The molecule has 3 rings (SSSR count). The number of hydrogen-bond acceptors (Lipinski definition) is 3. The number of fused-ring (bicyclic) bond motifs is 1.